The first-order valence-electron chi connectivity index (χ1n) is 7.07. The van der Waals surface area contributed by atoms with Crippen molar-refractivity contribution in [3.05, 3.63) is 71.9 Å². The maximum atomic E-state index is 4.28. The van der Waals surface area contributed by atoms with E-state index in [1.807, 2.05) is 30.3 Å². The van der Waals surface area contributed by atoms with Crippen LogP contribution in [0.5, 0.6) is 0 Å². The van der Waals surface area contributed by atoms with Crippen LogP contribution in [0, 0.1) is 0 Å². The summed E-state index contributed by atoms with van der Waals surface area (Å²) in [6.07, 6.45) is 2.09. The fraction of sp³-hybridized carbons (Fsp3) is 0.0588. The van der Waals surface area contributed by atoms with Gasteiger partial charge in [0.2, 0.25) is 5.13 Å². The Hall–Kier alpha value is -2.66. The van der Waals surface area contributed by atoms with E-state index in [2.05, 4.69) is 56.6 Å². The molecule has 5 heteroatoms. The molecule has 0 spiro atoms. The molecule has 0 atom stereocenters. The molecule has 0 aliphatic carbocycles. The standard InChI is InChI=1S/C17H14N4S/c1-2-7-14(8-3-1)18-17-20-19-16(22-17)12-21-11-10-13-6-4-5-9-15(13)21/h1-11H,12H2,(H,18,20). The third-order valence-corrected chi connectivity index (χ3v) is 4.30. The first kappa shape index (κ1) is 13.0. The van der Waals surface area contributed by atoms with Crippen molar-refractivity contribution < 1.29 is 0 Å². The van der Waals surface area contributed by atoms with E-state index in [1.54, 1.807) is 11.3 Å². The van der Waals surface area contributed by atoms with Gasteiger partial charge in [0.1, 0.15) is 5.01 Å². The summed E-state index contributed by atoms with van der Waals surface area (Å²) >= 11 is 1.58. The molecule has 0 radical (unpaired) electrons. The van der Waals surface area contributed by atoms with Gasteiger partial charge in [0.15, 0.2) is 0 Å². The van der Waals surface area contributed by atoms with Gasteiger partial charge in [0, 0.05) is 17.4 Å². The van der Waals surface area contributed by atoms with Crippen molar-refractivity contribution in [1.82, 2.24) is 14.8 Å². The Balaban J connectivity index is 1.54. The normalized spacial score (nSPS) is 10.9. The quantitative estimate of drug-likeness (QED) is 0.612. The number of aromatic nitrogens is 3. The molecule has 4 rings (SSSR count). The van der Waals surface area contributed by atoms with Crippen LogP contribution in [-0.2, 0) is 6.54 Å². The topological polar surface area (TPSA) is 42.7 Å². The molecule has 0 saturated heterocycles. The monoisotopic (exact) mass is 306 g/mol. The van der Waals surface area contributed by atoms with Crippen molar-refractivity contribution in [2.24, 2.45) is 0 Å². The Bertz CT molecular complexity index is 895. The molecule has 4 aromatic rings. The van der Waals surface area contributed by atoms with Crippen molar-refractivity contribution in [3.8, 4) is 0 Å². The molecule has 2 aromatic carbocycles. The predicted molar refractivity (Wildman–Crippen MR) is 90.7 cm³/mol. The van der Waals surface area contributed by atoms with E-state index in [0.29, 0.717) is 0 Å². The van der Waals surface area contributed by atoms with E-state index in [-0.39, 0.29) is 0 Å². The number of benzene rings is 2. The summed E-state index contributed by atoms with van der Waals surface area (Å²) < 4.78 is 2.20. The predicted octanol–water partition coefficient (Wildman–Crippen LogP) is 4.28. The van der Waals surface area contributed by atoms with Crippen molar-refractivity contribution >= 4 is 33.1 Å². The third kappa shape index (κ3) is 2.58. The van der Waals surface area contributed by atoms with E-state index in [0.717, 1.165) is 22.4 Å². The van der Waals surface area contributed by atoms with Crippen LogP contribution in [0.15, 0.2) is 66.9 Å². The molecular formula is C17H14N4S. The highest BCUT2D eigenvalue weighted by molar-refractivity contribution is 7.15. The van der Waals surface area contributed by atoms with Crippen LogP contribution in [0.3, 0.4) is 0 Å². The van der Waals surface area contributed by atoms with E-state index in [4.69, 9.17) is 0 Å². The van der Waals surface area contributed by atoms with Crippen LogP contribution in [-0.4, -0.2) is 14.8 Å². The lowest BCUT2D eigenvalue weighted by molar-refractivity contribution is 0.810. The Morgan fingerprint density at radius 3 is 2.64 bits per heavy atom. The van der Waals surface area contributed by atoms with Crippen LogP contribution in [0.4, 0.5) is 10.8 Å². The van der Waals surface area contributed by atoms with Gasteiger partial charge in [0.05, 0.1) is 6.54 Å². The van der Waals surface area contributed by atoms with E-state index >= 15 is 0 Å². The Kier molecular flexibility index (Phi) is 3.33. The molecule has 0 saturated carbocycles. The number of para-hydroxylation sites is 2. The summed E-state index contributed by atoms with van der Waals surface area (Å²) in [5.41, 5.74) is 2.24. The zero-order chi connectivity index (χ0) is 14.8. The van der Waals surface area contributed by atoms with Gasteiger partial charge in [0.25, 0.3) is 0 Å². The molecule has 0 fully saturated rings. The molecule has 0 aliphatic heterocycles. The van der Waals surface area contributed by atoms with E-state index in [1.165, 1.54) is 10.9 Å². The second-order valence-electron chi connectivity index (χ2n) is 4.99. The van der Waals surface area contributed by atoms with Crippen molar-refractivity contribution in [2.75, 3.05) is 5.32 Å². The Labute approximate surface area is 132 Å². The van der Waals surface area contributed by atoms with Gasteiger partial charge >= 0.3 is 0 Å². The fourth-order valence-electron chi connectivity index (χ4n) is 2.44. The molecular weight excluding hydrogens is 292 g/mol. The molecule has 0 aliphatic rings. The van der Waals surface area contributed by atoms with Gasteiger partial charge in [-0.25, -0.2) is 0 Å². The molecule has 1 N–H and O–H groups in total. The molecule has 2 aromatic heterocycles. The Morgan fingerprint density at radius 2 is 1.73 bits per heavy atom. The minimum Gasteiger partial charge on any atom is -0.341 e. The van der Waals surface area contributed by atoms with Crippen LogP contribution < -0.4 is 5.32 Å². The van der Waals surface area contributed by atoms with Gasteiger partial charge in [-0.05, 0) is 29.7 Å². The largest absolute Gasteiger partial charge is 0.341 e. The van der Waals surface area contributed by atoms with E-state index < -0.39 is 0 Å². The average molecular weight is 306 g/mol. The van der Waals surface area contributed by atoms with Gasteiger partial charge in [-0.2, -0.15) is 0 Å². The molecule has 0 bridgehead atoms. The molecule has 0 unspecified atom stereocenters. The smallest absolute Gasteiger partial charge is 0.210 e. The highest BCUT2D eigenvalue weighted by Gasteiger charge is 2.07. The van der Waals surface area contributed by atoms with Crippen molar-refractivity contribution in [3.63, 3.8) is 0 Å². The average Bonchev–Trinajstić information content (AvgIpc) is 3.17. The lowest BCUT2D eigenvalue weighted by Gasteiger charge is -2.01. The number of rotatable bonds is 4. The minimum absolute atomic E-state index is 0.738. The molecule has 4 nitrogen and oxygen atoms in total. The number of nitrogens with zero attached hydrogens (tertiary/aromatic N) is 3. The minimum atomic E-state index is 0.738. The van der Waals surface area contributed by atoms with Crippen LogP contribution in [0.25, 0.3) is 10.9 Å². The van der Waals surface area contributed by atoms with Crippen molar-refractivity contribution in [2.45, 2.75) is 6.54 Å². The second-order valence-corrected chi connectivity index (χ2v) is 6.06. The lowest BCUT2D eigenvalue weighted by atomic mass is 10.2. The summed E-state index contributed by atoms with van der Waals surface area (Å²) in [7, 11) is 0. The zero-order valence-electron chi connectivity index (χ0n) is 11.8. The number of nitrogens with one attached hydrogen (secondary N) is 1. The second kappa shape index (κ2) is 5.61. The van der Waals surface area contributed by atoms with Crippen LogP contribution >= 0.6 is 11.3 Å². The summed E-state index contributed by atoms with van der Waals surface area (Å²) in [6, 6.07) is 20.5. The maximum absolute atomic E-state index is 4.28. The summed E-state index contributed by atoms with van der Waals surface area (Å²) in [4.78, 5) is 0. The molecule has 2 heterocycles. The van der Waals surface area contributed by atoms with E-state index in [9.17, 15) is 0 Å². The summed E-state index contributed by atoms with van der Waals surface area (Å²) in [5.74, 6) is 0. The third-order valence-electron chi connectivity index (χ3n) is 3.48. The van der Waals surface area contributed by atoms with Crippen LogP contribution in [0.1, 0.15) is 5.01 Å². The first-order chi connectivity index (χ1) is 10.9. The summed E-state index contributed by atoms with van der Waals surface area (Å²) in [5, 5.41) is 14.8. The molecule has 22 heavy (non-hydrogen) atoms. The summed E-state index contributed by atoms with van der Waals surface area (Å²) in [6.45, 7) is 0.738. The van der Waals surface area contributed by atoms with Crippen LogP contribution in [0.2, 0.25) is 0 Å². The maximum Gasteiger partial charge on any atom is 0.210 e. The highest BCUT2D eigenvalue weighted by Crippen LogP contribution is 2.23. The lowest BCUT2D eigenvalue weighted by Crippen LogP contribution is -1.96. The molecule has 0 amide bonds. The highest BCUT2D eigenvalue weighted by atomic mass is 32.1. The number of hydrogen-bond acceptors (Lipinski definition) is 4. The van der Waals surface area contributed by atoms with Gasteiger partial charge < -0.3 is 9.88 Å². The number of fused-ring (bicyclic) bond motifs is 1. The van der Waals surface area contributed by atoms with Gasteiger partial charge in [-0.15, -0.1) is 10.2 Å². The first-order valence-corrected chi connectivity index (χ1v) is 7.88. The fourth-order valence-corrected chi connectivity index (χ4v) is 3.20. The zero-order valence-corrected chi connectivity index (χ0v) is 12.6. The Morgan fingerprint density at radius 1 is 0.909 bits per heavy atom. The SMILES string of the molecule is c1ccc(Nc2nnc(Cn3ccc4ccccc43)s2)cc1. The molecule has 108 valence electrons. The van der Waals surface area contributed by atoms with Gasteiger partial charge in [-0.3, -0.25) is 0 Å². The van der Waals surface area contributed by atoms with Gasteiger partial charge in [-0.1, -0.05) is 47.7 Å². The van der Waals surface area contributed by atoms with Crippen molar-refractivity contribution in [1.29, 1.82) is 0 Å². The number of hydrogen-bond donors (Lipinski definition) is 1. The number of anilines is 2.